The van der Waals surface area contributed by atoms with Crippen molar-refractivity contribution in [3.8, 4) is 0 Å². The maximum Gasteiger partial charge on any atom is 0.253 e. The summed E-state index contributed by atoms with van der Waals surface area (Å²) in [6.45, 7) is 7.21. The van der Waals surface area contributed by atoms with Gasteiger partial charge in [-0.15, -0.1) is 5.10 Å². The number of methoxy groups -OCH3 is 1. The second kappa shape index (κ2) is 8.42. The van der Waals surface area contributed by atoms with Gasteiger partial charge in [0, 0.05) is 18.2 Å². The number of rotatable bonds is 6. The molecule has 1 N–H and O–H groups in total. The third kappa shape index (κ3) is 4.09. The van der Waals surface area contributed by atoms with Gasteiger partial charge in [-0.05, 0) is 72.8 Å². The van der Waals surface area contributed by atoms with Crippen molar-refractivity contribution in [2.24, 2.45) is 5.92 Å². The lowest BCUT2D eigenvalue weighted by Crippen LogP contribution is -2.40. The Hall–Kier alpha value is -2.58. The maximum atomic E-state index is 13.1. The molecule has 0 amide bonds. The molecule has 0 aliphatic carbocycles. The summed E-state index contributed by atoms with van der Waals surface area (Å²) >= 11 is 0. The number of piperidine rings is 1. The fourth-order valence-corrected chi connectivity index (χ4v) is 4.08. The molecule has 1 atom stereocenters. The molecule has 4 rings (SSSR count). The van der Waals surface area contributed by atoms with E-state index in [0.717, 1.165) is 42.4 Å². The monoisotopic (exact) mass is 396 g/mol. The molecule has 1 saturated heterocycles. The van der Waals surface area contributed by atoms with E-state index in [1.807, 2.05) is 18.2 Å². The highest BCUT2D eigenvalue weighted by molar-refractivity contribution is 5.79. The van der Waals surface area contributed by atoms with Crippen LogP contribution in [0.2, 0.25) is 0 Å². The van der Waals surface area contributed by atoms with Crippen molar-refractivity contribution in [2.45, 2.75) is 39.3 Å². The number of tetrazole rings is 1. The minimum Gasteiger partial charge on any atom is -0.383 e. The Morgan fingerprint density at radius 2 is 2.07 bits per heavy atom. The standard InChI is InChI=1S/C21H28N6O2/c1-14-6-8-26(9-7-14)19(20-23-24-25-27(20)10-11-29-3)17-13-16-12-15(2)4-5-18(16)22-21(17)28/h4-5,12-14,19H,6-11H2,1-3H3,(H,22,28)/t19-/m0/s1. The van der Waals surface area contributed by atoms with Crippen molar-refractivity contribution >= 4 is 10.9 Å². The van der Waals surface area contributed by atoms with Gasteiger partial charge in [0.1, 0.15) is 6.04 Å². The number of pyridine rings is 1. The second-order valence-corrected chi connectivity index (χ2v) is 8.02. The Morgan fingerprint density at radius 3 is 2.83 bits per heavy atom. The summed E-state index contributed by atoms with van der Waals surface area (Å²) < 4.78 is 6.97. The highest BCUT2D eigenvalue weighted by atomic mass is 16.5. The van der Waals surface area contributed by atoms with Gasteiger partial charge in [0.05, 0.1) is 13.2 Å². The van der Waals surface area contributed by atoms with Gasteiger partial charge in [-0.3, -0.25) is 9.69 Å². The fourth-order valence-electron chi connectivity index (χ4n) is 4.08. The van der Waals surface area contributed by atoms with Gasteiger partial charge < -0.3 is 9.72 Å². The Labute approximate surface area is 169 Å². The van der Waals surface area contributed by atoms with E-state index in [1.165, 1.54) is 0 Å². The first-order valence-corrected chi connectivity index (χ1v) is 10.2. The molecule has 1 aromatic carbocycles. The average Bonchev–Trinajstić information content (AvgIpc) is 3.17. The molecule has 1 aliphatic heterocycles. The number of aromatic amines is 1. The first kappa shape index (κ1) is 19.7. The molecule has 2 aromatic heterocycles. The quantitative estimate of drug-likeness (QED) is 0.688. The number of ether oxygens (including phenoxy) is 1. The summed E-state index contributed by atoms with van der Waals surface area (Å²) in [5.41, 5.74) is 2.59. The predicted molar refractivity (Wildman–Crippen MR) is 111 cm³/mol. The third-order valence-corrected chi connectivity index (χ3v) is 5.82. The highest BCUT2D eigenvalue weighted by Crippen LogP contribution is 2.30. The second-order valence-electron chi connectivity index (χ2n) is 8.02. The molecule has 8 heteroatoms. The van der Waals surface area contributed by atoms with Crippen LogP contribution in [-0.4, -0.2) is 56.9 Å². The van der Waals surface area contributed by atoms with Gasteiger partial charge in [0.15, 0.2) is 5.82 Å². The van der Waals surface area contributed by atoms with Crippen LogP contribution in [0.1, 0.15) is 42.8 Å². The van der Waals surface area contributed by atoms with Crippen LogP contribution in [0.3, 0.4) is 0 Å². The summed E-state index contributed by atoms with van der Waals surface area (Å²) in [4.78, 5) is 18.5. The van der Waals surface area contributed by atoms with Gasteiger partial charge in [0.25, 0.3) is 5.56 Å². The first-order chi connectivity index (χ1) is 14.1. The van der Waals surface area contributed by atoms with E-state index in [2.05, 4.69) is 45.3 Å². The summed E-state index contributed by atoms with van der Waals surface area (Å²) in [6.07, 6.45) is 2.20. The summed E-state index contributed by atoms with van der Waals surface area (Å²) in [5, 5.41) is 13.4. The molecule has 0 radical (unpaired) electrons. The SMILES string of the molecule is COCCn1nnnc1[C@H](c1cc2cc(C)ccc2[nH]c1=O)N1CCC(C)CC1. The number of nitrogens with one attached hydrogen (secondary N) is 1. The van der Waals surface area contributed by atoms with Crippen LogP contribution in [-0.2, 0) is 11.3 Å². The van der Waals surface area contributed by atoms with Crippen LogP contribution in [0.4, 0.5) is 0 Å². The van der Waals surface area contributed by atoms with E-state index in [9.17, 15) is 4.79 Å². The summed E-state index contributed by atoms with van der Waals surface area (Å²) in [7, 11) is 1.66. The molecule has 3 aromatic rings. The van der Waals surface area contributed by atoms with Crippen molar-refractivity contribution in [1.29, 1.82) is 0 Å². The Morgan fingerprint density at radius 1 is 1.28 bits per heavy atom. The van der Waals surface area contributed by atoms with E-state index in [1.54, 1.807) is 11.8 Å². The summed E-state index contributed by atoms with van der Waals surface area (Å²) in [6, 6.07) is 7.77. The van der Waals surface area contributed by atoms with Gasteiger partial charge in [-0.1, -0.05) is 18.6 Å². The number of hydrogen-bond acceptors (Lipinski definition) is 6. The number of likely N-dealkylation sites (tertiary alicyclic amines) is 1. The fraction of sp³-hybridized carbons (Fsp3) is 0.524. The number of aryl methyl sites for hydroxylation is 1. The van der Waals surface area contributed by atoms with Crippen LogP contribution in [0, 0.1) is 12.8 Å². The molecule has 8 nitrogen and oxygen atoms in total. The normalized spacial score (nSPS) is 17.1. The molecule has 0 bridgehead atoms. The minimum atomic E-state index is -0.289. The Kier molecular flexibility index (Phi) is 5.73. The number of H-pyrrole nitrogens is 1. The van der Waals surface area contributed by atoms with Crippen LogP contribution in [0.25, 0.3) is 10.9 Å². The maximum absolute atomic E-state index is 13.1. The average molecular weight is 396 g/mol. The molecular formula is C21H28N6O2. The first-order valence-electron chi connectivity index (χ1n) is 10.2. The lowest BCUT2D eigenvalue weighted by Gasteiger charge is -2.35. The Balaban J connectivity index is 1.82. The Bertz CT molecular complexity index is 1040. The smallest absolute Gasteiger partial charge is 0.253 e. The molecule has 29 heavy (non-hydrogen) atoms. The third-order valence-electron chi connectivity index (χ3n) is 5.82. The number of hydrogen-bond donors (Lipinski definition) is 1. The molecule has 0 unspecified atom stereocenters. The van der Waals surface area contributed by atoms with Gasteiger partial charge >= 0.3 is 0 Å². The molecular weight excluding hydrogens is 368 g/mol. The minimum absolute atomic E-state index is 0.0914. The number of fused-ring (bicyclic) bond motifs is 1. The molecule has 1 aliphatic rings. The zero-order valence-corrected chi connectivity index (χ0v) is 17.3. The van der Waals surface area contributed by atoms with Crippen molar-refractivity contribution in [3.63, 3.8) is 0 Å². The van der Waals surface area contributed by atoms with E-state index < -0.39 is 0 Å². The van der Waals surface area contributed by atoms with Gasteiger partial charge in [-0.25, -0.2) is 4.68 Å². The van der Waals surface area contributed by atoms with Crippen molar-refractivity contribution in [2.75, 3.05) is 26.8 Å². The molecule has 1 fully saturated rings. The number of nitrogens with zero attached hydrogens (tertiary/aromatic N) is 5. The summed E-state index contributed by atoms with van der Waals surface area (Å²) in [5.74, 6) is 1.38. The molecule has 3 heterocycles. The van der Waals surface area contributed by atoms with Crippen LogP contribution >= 0.6 is 0 Å². The van der Waals surface area contributed by atoms with Crippen LogP contribution < -0.4 is 5.56 Å². The predicted octanol–water partition coefficient (Wildman–Crippen LogP) is 2.29. The lowest BCUT2D eigenvalue weighted by atomic mass is 9.95. The van der Waals surface area contributed by atoms with Gasteiger partial charge in [0.2, 0.25) is 0 Å². The van der Waals surface area contributed by atoms with E-state index >= 15 is 0 Å². The van der Waals surface area contributed by atoms with E-state index in [-0.39, 0.29) is 11.6 Å². The zero-order chi connectivity index (χ0) is 20.4. The highest BCUT2D eigenvalue weighted by Gasteiger charge is 2.32. The molecule has 0 spiro atoms. The molecule has 0 saturated carbocycles. The van der Waals surface area contributed by atoms with Gasteiger partial charge in [-0.2, -0.15) is 0 Å². The van der Waals surface area contributed by atoms with Crippen molar-refractivity contribution < 1.29 is 4.74 Å². The number of benzene rings is 1. The molecule has 154 valence electrons. The lowest BCUT2D eigenvalue weighted by molar-refractivity contribution is 0.144. The van der Waals surface area contributed by atoms with Crippen molar-refractivity contribution in [3.05, 3.63) is 51.6 Å². The van der Waals surface area contributed by atoms with Crippen LogP contribution in [0.5, 0.6) is 0 Å². The van der Waals surface area contributed by atoms with Crippen LogP contribution in [0.15, 0.2) is 29.1 Å². The number of aromatic nitrogens is 5. The topological polar surface area (TPSA) is 88.9 Å². The van der Waals surface area contributed by atoms with E-state index in [0.29, 0.717) is 30.5 Å². The zero-order valence-electron chi connectivity index (χ0n) is 17.3. The van der Waals surface area contributed by atoms with E-state index in [4.69, 9.17) is 4.74 Å². The van der Waals surface area contributed by atoms with Crippen molar-refractivity contribution in [1.82, 2.24) is 30.1 Å². The largest absolute Gasteiger partial charge is 0.383 e.